The van der Waals surface area contributed by atoms with Crippen molar-refractivity contribution >= 4 is 11.6 Å². The molecule has 2 atom stereocenters. The highest BCUT2D eigenvalue weighted by atomic mass is 16.1. The first kappa shape index (κ1) is 9.39. The van der Waals surface area contributed by atoms with Crippen LogP contribution < -0.4 is 5.32 Å². The van der Waals surface area contributed by atoms with Gasteiger partial charge in [-0.15, -0.1) is 0 Å². The second-order valence-electron chi connectivity index (χ2n) is 3.51. The molecule has 1 fully saturated rings. The van der Waals surface area contributed by atoms with Crippen molar-refractivity contribution in [2.24, 2.45) is 11.8 Å². The van der Waals surface area contributed by atoms with Crippen LogP contribution >= 0.6 is 0 Å². The maximum Gasteiger partial charge on any atom is 0.134 e. The van der Waals surface area contributed by atoms with Crippen molar-refractivity contribution in [2.45, 2.75) is 20.3 Å². The third-order valence-corrected chi connectivity index (χ3v) is 2.50. The van der Waals surface area contributed by atoms with E-state index in [1.165, 1.54) is 0 Å². The lowest BCUT2D eigenvalue weighted by atomic mass is 9.86. The summed E-state index contributed by atoms with van der Waals surface area (Å²) in [6.45, 7) is 4.65. The average molecular weight is 169 g/mol. The molecule has 1 saturated heterocycles. The van der Waals surface area contributed by atoms with Gasteiger partial charge in [0.15, 0.2) is 0 Å². The number of hydrogen-bond donors (Lipinski definition) is 1. The highest BCUT2D eigenvalue weighted by Gasteiger charge is 2.26. The molecule has 0 aromatic heterocycles. The number of carbonyl (C=O) groups excluding carboxylic acids is 2. The fourth-order valence-corrected chi connectivity index (χ4v) is 1.56. The SMILES string of the molecule is CC(=O)[C@@H]1CNC[C@H](C(C)=O)C1. The summed E-state index contributed by atoms with van der Waals surface area (Å²) in [6.07, 6.45) is 0.734. The van der Waals surface area contributed by atoms with Crippen molar-refractivity contribution < 1.29 is 9.59 Å². The molecule has 0 aliphatic carbocycles. The summed E-state index contributed by atoms with van der Waals surface area (Å²) in [5, 5.41) is 3.11. The zero-order valence-electron chi connectivity index (χ0n) is 7.59. The Kier molecular flexibility index (Phi) is 2.98. The summed E-state index contributed by atoms with van der Waals surface area (Å²) in [7, 11) is 0. The molecule has 0 aromatic rings. The van der Waals surface area contributed by atoms with Crippen LogP contribution in [0.2, 0.25) is 0 Å². The van der Waals surface area contributed by atoms with Crippen molar-refractivity contribution in [3.05, 3.63) is 0 Å². The molecule has 1 heterocycles. The van der Waals surface area contributed by atoms with Gasteiger partial charge in [0.1, 0.15) is 11.6 Å². The number of nitrogens with one attached hydrogen (secondary N) is 1. The van der Waals surface area contributed by atoms with Crippen molar-refractivity contribution in [3.8, 4) is 0 Å². The van der Waals surface area contributed by atoms with Gasteiger partial charge in [-0.3, -0.25) is 9.59 Å². The Bertz CT molecular complexity index is 181. The maximum absolute atomic E-state index is 11.0. The molecule has 0 aromatic carbocycles. The molecule has 0 saturated carbocycles. The van der Waals surface area contributed by atoms with Crippen molar-refractivity contribution in [1.29, 1.82) is 0 Å². The first-order chi connectivity index (χ1) is 5.61. The second-order valence-corrected chi connectivity index (χ2v) is 3.51. The number of ketones is 2. The van der Waals surface area contributed by atoms with Crippen molar-refractivity contribution in [2.75, 3.05) is 13.1 Å². The van der Waals surface area contributed by atoms with Crippen LogP contribution in [0.15, 0.2) is 0 Å². The molecule has 3 nitrogen and oxygen atoms in total. The fourth-order valence-electron chi connectivity index (χ4n) is 1.56. The molecule has 1 aliphatic heterocycles. The standard InChI is InChI=1S/C9H15NO2/c1-6(11)8-3-9(7(2)12)5-10-4-8/h8-10H,3-5H2,1-2H3/t8-,9+. The minimum Gasteiger partial charge on any atom is -0.315 e. The molecular weight excluding hydrogens is 154 g/mol. The molecule has 12 heavy (non-hydrogen) atoms. The molecular formula is C9H15NO2. The Morgan fingerprint density at radius 2 is 1.50 bits per heavy atom. The van der Waals surface area contributed by atoms with Gasteiger partial charge in [-0.1, -0.05) is 0 Å². The summed E-state index contributed by atoms with van der Waals surface area (Å²) in [5.74, 6) is 0.474. The lowest BCUT2D eigenvalue weighted by Gasteiger charge is -2.26. The van der Waals surface area contributed by atoms with Gasteiger partial charge in [0, 0.05) is 24.9 Å². The molecule has 1 rings (SSSR count). The third kappa shape index (κ3) is 2.14. The van der Waals surface area contributed by atoms with E-state index in [2.05, 4.69) is 5.32 Å². The quantitative estimate of drug-likeness (QED) is 0.650. The molecule has 0 unspecified atom stereocenters. The molecule has 0 radical (unpaired) electrons. The maximum atomic E-state index is 11.0. The molecule has 0 spiro atoms. The minimum absolute atomic E-state index is 0.0487. The largest absolute Gasteiger partial charge is 0.315 e. The minimum atomic E-state index is 0.0487. The van der Waals surface area contributed by atoms with Gasteiger partial charge in [0.25, 0.3) is 0 Å². The van der Waals surface area contributed by atoms with Gasteiger partial charge < -0.3 is 5.32 Å². The highest BCUT2D eigenvalue weighted by Crippen LogP contribution is 2.17. The third-order valence-electron chi connectivity index (χ3n) is 2.50. The monoisotopic (exact) mass is 169 g/mol. The summed E-state index contributed by atoms with van der Waals surface area (Å²) in [5.41, 5.74) is 0. The Morgan fingerprint density at radius 1 is 1.08 bits per heavy atom. The van der Waals surface area contributed by atoms with Gasteiger partial charge in [0.2, 0.25) is 0 Å². The topological polar surface area (TPSA) is 46.2 Å². The van der Waals surface area contributed by atoms with Crippen molar-refractivity contribution in [3.63, 3.8) is 0 Å². The van der Waals surface area contributed by atoms with E-state index >= 15 is 0 Å². The predicted octanol–water partition coefficient (Wildman–Crippen LogP) is 0.390. The Labute approximate surface area is 72.5 Å². The number of hydrogen-bond acceptors (Lipinski definition) is 3. The lowest BCUT2D eigenvalue weighted by Crippen LogP contribution is -2.41. The normalized spacial score (nSPS) is 29.8. The molecule has 0 amide bonds. The molecule has 0 bridgehead atoms. The summed E-state index contributed by atoms with van der Waals surface area (Å²) >= 11 is 0. The Morgan fingerprint density at radius 3 is 1.83 bits per heavy atom. The Hall–Kier alpha value is -0.700. The summed E-state index contributed by atoms with van der Waals surface area (Å²) in [4.78, 5) is 22.0. The van der Waals surface area contributed by atoms with E-state index in [9.17, 15) is 9.59 Å². The number of Topliss-reactive ketones (excluding diaryl/α,β-unsaturated/α-hetero) is 2. The molecule has 68 valence electrons. The number of piperidine rings is 1. The lowest BCUT2D eigenvalue weighted by molar-refractivity contribution is -0.124. The van der Waals surface area contributed by atoms with Gasteiger partial charge in [-0.2, -0.15) is 0 Å². The van der Waals surface area contributed by atoms with Crippen LogP contribution in [-0.2, 0) is 9.59 Å². The average Bonchev–Trinajstić information content (AvgIpc) is 2.04. The van der Waals surface area contributed by atoms with E-state index in [1.807, 2.05) is 0 Å². The van der Waals surface area contributed by atoms with Crippen LogP contribution in [0.25, 0.3) is 0 Å². The van der Waals surface area contributed by atoms with E-state index in [-0.39, 0.29) is 23.4 Å². The summed E-state index contributed by atoms with van der Waals surface area (Å²) in [6, 6.07) is 0. The zero-order chi connectivity index (χ0) is 9.14. The first-order valence-corrected chi connectivity index (χ1v) is 4.33. The first-order valence-electron chi connectivity index (χ1n) is 4.33. The highest BCUT2D eigenvalue weighted by molar-refractivity contribution is 5.82. The van der Waals surface area contributed by atoms with Gasteiger partial charge in [0.05, 0.1) is 0 Å². The van der Waals surface area contributed by atoms with Crippen LogP contribution in [0.1, 0.15) is 20.3 Å². The van der Waals surface area contributed by atoms with Crippen LogP contribution in [0, 0.1) is 11.8 Å². The van der Waals surface area contributed by atoms with Crippen molar-refractivity contribution in [1.82, 2.24) is 5.32 Å². The zero-order valence-corrected chi connectivity index (χ0v) is 7.59. The number of rotatable bonds is 2. The van der Waals surface area contributed by atoms with Crippen LogP contribution in [0.4, 0.5) is 0 Å². The summed E-state index contributed by atoms with van der Waals surface area (Å²) < 4.78 is 0. The van der Waals surface area contributed by atoms with Crippen LogP contribution in [-0.4, -0.2) is 24.7 Å². The van der Waals surface area contributed by atoms with E-state index in [0.717, 1.165) is 19.5 Å². The van der Waals surface area contributed by atoms with Gasteiger partial charge in [-0.05, 0) is 20.3 Å². The Balaban J connectivity index is 2.51. The molecule has 3 heteroatoms. The molecule has 1 aliphatic rings. The number of carbonyl (C=O) groups is 2. The van der Waals surface area contributed by atoms with E-state index < -0.39 is 0 Å². The van der Waals surface area contributed by atoms with E-state index in [4.69, 9.17) is 0 Å². The van der Waals surface area contributed by atoms with Crippen LogP contribution in [0.3, 0.4) is 0 Å². The van der Waals surface area contributed by atoms with E-state index in [0.29, 0.717) is 0 Å². The second kappa shape index (κ2) is 3.81. The predicted molar refractivity (Wildman–Crippen MR) is 45.8 cm³/mol. The van der Waals surface area contributed by atoms with Gasteiger partial charge in [-0.25, -0.2) is 0 Å². The van der Waals surface area contributed by atoms with Gasteiger partial charge >= 0.3 is 0 Å². The molecule has 1 N–H and O–H groups in total. The van der Waals surface area contributed by atoms with E-state index in [1.54, 1.807) is 13.8 Å². The fraction of sp³-hybridized carbons (Fsp3) is 0.778. The van der Waals surface area contributed by atoms with Crippen LogP contribution in [0.5, 0.6) is 0 Å². The smallest absolute Gasteiger partial charge is 0.134 e.